The van der Waals surface area contributed by atoms with Gasteiger partial charge >= 0.3 is 0 Å². The minimum absolute atomic E-state index is 0.133. The average molecular weight is 358 g/mol. The molecule has 0 unspecified atom stereocenters. The third-order valence-electron chi connectivity index (χ3n) is 5.37. The summed E-state index contributed by atoms with van der Waals surface area (Å²) in [7, 11) is 0. The van der Waals surface area contributed by atoms with E-state index in [1.807, 2.05) is 32.9 Å². The monoisotopic (exact) mass is 358 g/mol. The van der Waals surface area contributed by atoms with Crippen molar-refractivity contribution in [2.75, 3.05) is 6.61 Å². The Morgan fingerprint density at radius 1 is 1.04 bits per heavy atom. The number of ether oxygens (including phenoxy) is 4. The van der Waals surface area contributed by atoms with Gasteiger partial charge in [0.15, 0.2) is 12.1 Å². The van der Waals surface area contributed by atoms with Gasteiger partial charge in [-0.05, 0) is 42.7 Å². The first-order valence-electron chi connectivity index (χ1n) is 9.20. The third kappa shape index (κ3) is 3.04. The Bertz CT molecular complexity index is 783. The van der Waals surface area contributed by atoms with E-state index >= 15 is 0 Å². The number of rotatable bonds is 5. The first kappa shape index (κ1) is 17.9. The highest BCUT2D eigenvalue weighted by atomic mass is 16.8. The molecule has 5 nitrogen and oxygen atoms in total. The Kier molecular flexibility index (Phi) is 4.53. The highest BCUT2D eigenvalue weighted by Gasteiger charge is 2.61. The van der Waals surface area contributed by atoms with Gasteiger partial charge in [-0.1, -0.05) is 43.3 Å². The van der Waals surface area contributed by atoms with Crippen LogP contribution in [0.3, 0.4) is 0 Å². The van der Waals surface area contributed by atoms with Crippen LogP contribution in [0.1, 0.15) is 32.8 Å². The van der Waals surface area contributed by atoms with Gasteiger partial charge in [-0.25, -0.2) is 0 Å². The SMILES string of the molecule is CC[C@@]1(CO)O[C@@H]2OC(C)(C)O[C@@H]2[C@@H]1OCc1ccc2ccccc2c1. The summed E-state index contributed by atoms with van der Waals surface area (Å²) in [5, 5.41) is 12.4. The van der Waals surface area contributed by atoms with Gasteiger partial charge in [-0.3, -0.25) is 0 Å². The molecule has 4 rings (SSSR count). The van der Waals surface area contributed by atoms with Crippen LogP contribution in [-0.4, -0.2) is 41.6 Å². The Morgan fingerprint density at radius 3 is 2.54 bits per heavy atom. The van der Waals surface area contributed by atoms with E-state index in [-0.39, 0.29) is 12.7 Å². The van der Waals surface area contributed by atoms with Crippen LogP contribution < -0.4 is 0 Å². The largest absolute Gasteiger partial charge is 0.393 e. The molecule has 5 heteroatoms. The zero-order valence-corrected chi connectivity index (χ0v) is 15.5. The second-order valence-electron chi connectivity index (χ2n) is 7.58. The quantitative estimate of drug-likeness (QED) is 0.888. The number of benzene rings is 2. The van der Waals surface area contributed by atoms with E-state index in [0.717, 1.165) is 5.56 Å². The molecule has 1 N–H and O–H groups in total. The predicted molar refractivity (Wildman–Crippen MR) is 97.5 cm³/mol. The van der Waals surface area contributed by atoms with Crippen LogP contribution in [-0.2, 0) is 25.6 Å². The molecule has 2 heterocycles. The number of hydrogen-bond acceptors (Lipinski definition) is 5. The first-order valence-corrected chi connectivity index (χ1v) is 9.20. The molecule has 140 valence electrons. The molecule has 2 aliphatic rings. The van der Waals surface area contributed by atoms with Crippen molar-refractivity contribution in [1.29, 1.82) is 0 Å². The minimum Gasteiger partial charge on any atom is -0.393 e. The molecular formula is C21H26O5. The van der Waals surface area contributed by atoms with Gasteiger partial charge in [0.05, 0.1) is 13.2 Å². The zero-order chi connectivity index (χ0) is 18.4. The Morgan fingerprint density at radius 2 is 1.81 bits per heavy atom. The summed E-state index contributed by atoms with van der Waals surface area (Å²) in [5.74, 6) is -0.713. The van der Waals surface area contributed by atoms with Gasteiger partial charge < -0.3 is 24.1 Å². The minimum atomic E-state index is -0.803. The summed E-state index contributed by atoms with van der Waals surface area (Å²) >= 11 is 0. The van der Waals surface area contributed by atoms with Gasteiger partial charge in [0, 0.05) is 0 Å². The van der Waals surface area contributed by atoms with Crippen LogP contribution in [0.15, 0.2) is 42.5 Å². The summed E-state index contributed by atoms with van der Waals surface area (Å²) in [4.78, 5) is 0. The molecule has 0 amide bonds. The van der Waals surface area contributed by atoms with E-state index in [9.17, 15) is 5.11 Å². The van der Waals surface area contributed by atoms with Gasteiger partial charge in [0.2, 0.25) is 0 Å². The van der Waals surface area contributed by atoms with Crippen molar-refractivity contribution in [2.24, 2.45) is 0 Å². The fourth-order valence-electron chi connectivity index (χ4n) is 3.94. The molecule has 2 saturated heterocycles. The lowest BCUT2D eigenvalue weighted by Crippen LogP contribution is -2.49. The summed E-state index contributed by atoms with van der Waals surface area (Å²) in [5.41, 5.74) is 0.274. The normalized spacial score (nSPS) is 32.8. The van der Waals surface area contributed by atoms with Crippen LogP contribution in [0.4, 0.5) is 0 Å². The van der Waals surface area contributed by atoms with Gasteiger partial charge in [0.1, 0.15) is 17.8 Å². The second-order valence-corrected chi connectivity index (χ2v) is 7.58. The highest BCUT2D eigenvalue weighted by Crippen LogP contribution is 2.45. The number of aliphatic hydroxyl groups excluding tert-OH is 1. The molecule has 2 fully saturated rings. The third-order valence-corrected chi connectivity index (χ3v) is 5.37. The van der Waals surface area contributed by atoms with Crippen molar-refractivity contribution >= 4 is 10.8 Å². The summed E-state index contributed by atoms with van der Waals surface area (Å²) in [6.07, 6.45) is -0.640. The standard InChI is InChI=1S/C21H26O5/c1-4-21(13-22)18(17-19(26-21)25-20(2,3)24-17)23-12-14-9-10-15-7-5-6-8-16(15)11-14/h5-11,17-19,22H,4,12-13H2,1-3H3/t17-,18+,19+,21+/m1/s1. The van der Waals surface area contributed by atoms with Gasteiger partial charge in [-0.15, -0.1) is 0 Å². The molecule has 0 bridgehead atoms. The smallest absolute Gasteiger partial charge is 0.190 e. The molecule has 0 radical (unpaired) electrons. The average Bonchev–Trinajstić information content (AvgIpc) is 3.08. The summed E-state index contributed by atoms with van der Waals surface area (Å²) in [6, 6.07) is 14.5. The predicted octanol–water partition coefficient (Wildman–Crippen LogP) is 3.37. The molecule has 2 aromatic rings. The summed E-state index contributed by atoms with van der Waals surface area (Å²) < 4.78 is 24.2. The highest BCUT2D eigenvalue weighted by molar-refractivity contribution is 5.82. The van der Waals surface area contributed by atoms with Gasteiger partial charge in [-0.2, -0.15) is 0 Å². The molecule has 2 aliphatic heterocycles. The van der Waals surface area contributed by atoms with Crippen LogP contribution in [0.25, 0.3) is 10.8 Å². The van der Waals surface area contributed by atoms with E-state index in [4.69, 9.17) is 18.9 Å². The zero-order valence-electron chi connectivity index (χ0n) is 15.5. The van der Waals surface area contributed by atoms with E-state index in [0.29, 0.717) is 13.0 Å². The van der Waals surface area contributed by atoms with Crippen LogP contribution in [0.5, 0.6) is 0 Å². The fourth-order valence-corrected chi connectivity index (χ4v) is 3.94. The number of aliphatic hydroxyl groups is 1. The Labute approximate surface area is 153 Å². The molecule has 2 aromatic carbocycles. The van der Waals surface area contributed by atoms with Crippen LogP contribution in [0.2, 0.25) is 0 Å². The lowest BCUT2D eigenvalue weighted by atomic mass is 9.93. The fraction of sp³-hybridized carbons (Fsp3) is 0.524. The lowest BCUT2D eigenvalue weighted by Gasteiger charge is -2.34. The maximum absolute atomic E-state index is 9.99. The van der Waals surface area contributed by atoms with Crippen molar-refractivity contribution in [3.8, 4) is 0 Å². The number of fused-ring (bicyclic) bond motifs is 2. The van der Waals surface area contributed by atoms with Crippen molar-refractivity contribution in [2.45, 2.75) is 63.7 Å². The Balaban J connectivity index is 1.55. The molecule has 0 aliphatic carbocycles. The summed E-state index contributed by atoms with van der Waals surface area (Å²) in [6.45, 7) is 6.00. The van der Waals surface area contributed by atoms with Gasteiger partial charge in [0.25, 0.3) is 0 Å². The van der Waals surface area contributed by atoms with Crippen LogP contribution in [0, 0.1) is 0 Å². The molecule has 26 heavy (non-hydrogen) atoms. The maximum atomic E-state index is 9.99. The lowest BCUT2D eigenvalue weighted by molar-refractivity contribution is -0.252. The number of hydrogen-bond donors (Lipinski definition) is 1. The Hall–Kier alpha value is -1.50. The molecule has 0 saturated carbocycles. The van der Waals surface area contributed by atoms with Crippen molar-refractivity contribution < 1.29 is 24.1 Å². The van der Waals surface area contributed by atoms with E-state index < -0.39 is 23.8 Å². The topological polar surface area (TPSA) is 57.2 Å². The van der Waals surface area contributed by atoms with Crippen LogP contribution >= 0.6 is 0 Å². The maximum Gasteiger partial charge on any atom is 0.190 e. The van der Waals surface area contributed by atoms with Crippen molar-refractivity contribution in [1.82, 2.24) is 0 Å². The van der Waals surface area contributed by atoms with E-state index in [2.05, 4.69) is 30.3 Å². The first-order chi connectivity index (χ1) is 12.5. The second kappa shape index (κ2) is 6.59. The van der Waals surface area contributed by atoms with E-state index in [1.54, 1.807) is 0 Å². The van der Waals surface area contributed by atoms with E-state index in [1.165, 1.54) is 10.8 Å². The molecule has 0 aromatic heterocycles. The molecular weight excluding hydrogens is 332 g/mol. The molecule has 4 atom stereocenters. The molecule has 0 spiro atoms. The van der Waals surface area contributed by atoms with Crippen molar-refractivity contribution in [3.05, 3.63) is 48.0 Å². The van der Waals surface area contributed by atoms with Crippen molar-refractivity contribution in [3.63, 3.8) is 0 Å².